The first-order valence-corrected chi connectivity index (χ1v) is 9.04. The normalized spacial score (nSPS) is 13.3. The van der Waals surface area contributed by atoms with Gasteiger partial charge in [0.2, 0.25) is 5.91 Å². The van der Waals surface area contributed by atoms with Crippen molar-refractivity contribution in [2.24, 2.45) is 0 Å². The van der Waals surface area contributed by atoms with Crippen molar-refractivity contribution in [1.29, 1.82) is 0 Å². The lowest BCUT2D eigenvalue weighted by atomic mass is 10.2. The number of hydrogen-bond donors (Lipinski definition) is 1. The third-order valence-corrected chi connectivity index (χ3v) is 4.47. The van der Waals surface area contributed by atoms with E-state index in [2.05, 4.69) is 5.32 Å². The predicted molar refractivity (Wildman–Crippen MR) is 103 cm³/mol. The summed E-state index contributed by atoms with van der Waals surface area (Å²) in [6.07, 6.45) is 1.39. The average molecular weight is 382 g/mol. The predicted octanol–water partition coefficient (Wildman–Crippen LogP) is 2.30. The molecule has 1 saturated heterocycles. The van der Waals surface area contributed by atoms with Crippen LogP contribution in [0.1, 0.15) is 28.8 Å². The van der Waals surface area contributed by atoms with Crippen molar-refractivity contribution in [3.63, 3.8) is 0 Å². The number of esters is 1. The van der Waals surface area contributed by atoms with Crippen LogP contribution in [0.2, 0.25) is 0 Å². The third-order valence-electron chi connectivity index (χ3n) is 4.47. The Hall–Kier alpha value is -3.35. The highest BCUT2D eigenvalue weighted by Crippen LogP contribution is 2.21. The topological polar surface area (TPSA) is 84.9 Å². The lowest BCUT2D eigenvalue weighted by Crippen LogP contribution is -2.28. The van der Waals surface area contributed by atoms with Crippen molar-refractivity contribution in [2.75, 3.05) is 25.2 Å². The molecule has 1 heterocycles. The summed E-state index contributed by atoms with van der Waals surface area (Å²) >= 11 is 0. The molecular weight excluding hydrogens is 360 g/mol. The van der Waals surface area contributed by atoms with Gasteiger partial charge in [0.05, 0.1) is 12.7 Å². The summed E-state index contributed by atoms with van der Waals surface area (Å²) in [4.78, 5) is 37.4. The van der Waals surface area contributed by atoms with Crippen molar-refractivity contribution in [3.8, 4) is 5.75 Å². The summed E-state index contributed by atoms with van der Waals surface area (Å²) in [6.45, 7) is 0.664. The van der Waals surface area contributed by atoms with E-state index >= 15 is 0 Å². The van der Waals surface area contributed by atoms with Gasteiger partial charge in [0.15, 0.2) is 6.61 Å². The van der Waals surface area contributed by atoms with Crippen LogP contribution in [0.15, 0.2) is 48.5 Å². The summed E-state index contributed by atoms with van der Waals surface area (Å²) in [5.41, 5.74) is 2.00. The zero-order valence-electron chi connectivity index (χ0n) is 15.6. The number of carbonyl (C=O) groups excluding carboxylic acids is 3. The fraction of sp³-hybridized carbons (Fsp3) is 0.286. The molecule has 0 radical (unpaired) electrons. The van der Waals surface area contributed by atoms with E-state index in [1.807, 2.05) is 12.1 Å². The van der Waals surface area contributed by atoms with Gasteiger partial charge >= 0.3 is 5.97 Å². The summed E-state index contributed by atoms with van der Waals surface area (Å²) in [5, 5.41) is 2.69. The van der Waals surface area contributed by atoms with E-state index in [0.717, 1.165) is 23.4 Å². The van der Waals surface area contributed by atoms with Crippen LogP contribution >= 0.6 is 0 Å². The van der Waals surface area contributed by atoms with Gasteiger partial charge in [-0.15, -0.1) is 0 Å². The number of nitrogens with zero attached hydrogens (tertiary/aromatic N) is 1. The van der Waals surface area contributed by atoms with Gasteiger partial charge in [-0.1, -0.05) is 12.1 Å². The number of anilines is 1. The average Bonchev–Trinajstić information content (AvgIpc) is 3.16. The quantitative estimate of drug-likeness (QED) is 0.743. The van der Waals surface area contributed by atoms with E-state index < -0.39 is 5.97 Å². The minimum absolute atomic E-state index is 0.0869. The molecule has 0 saturated carbocycles. The molecule has 0 bridgehead atoms. The Bertz CT molecular complexity index is 846. The summed E-state index contributed by atoms with van der Waals surface area (Å²) in [5.74, 6) is -0.143. The van der Waals surface area contributed by atoms with Gasteiger partial charge in [-0.25, -0.2) is 4.79 Å². The van der Waals surface area contributed by atoms with Crippen molar-refractivity contribution in [1.82, 2.24) is 5.32 Å². The van der Waals surface area contributed by atoms with E-state index in [-0.39, 0.29) is 18.4 Å². The van der Waals surface area contributed by atoms with E-state index in [4.69, 9.17) is 9.47 Å². The van der Waals surface area contributed by atoms with E-state index in [1.54, 1.807) is 48.4 Å². The molecule has 1 aliphatic rings. The van der Waals surface area contributed by atoms with Gasteiger partial charge in [0.1, 0.15) is 5.75 Å². The molecule has 7 nitrogen and oxygen atoms in total. The van der Waals surface area contributed by atoms with Crippen LogP contribution in [0.3, 0.4) is 0 Å². The lowest BCUT2D eigenvalue weighted by molar-refractivity contribution is -0.124. The number of carbonyl (C=O) groups is 3. The van der Waals surface area contributed by atoms with Crippen LogP contribution in [0.5, 0.6) is 5.75 Å². The third kappa shape index (κ3) is 4.88. The fourth-order valence-electron chi connectivity index (χ4n) is 2.91. The van der Waals surface area contributed by atoms with Gasteiger partial charge < -0.3 is 19.7 Å². The standard InChI is InChI=1S/C21H22N2O5/c1-27-18-10-4-15(5-11-18)13-22-19(24)14-28-21(26)16-6-8-17(9-7-16)23-12-2-3-20(23)25/h4-11H,2-3,12-14H2,1H3,(H,22,24). The van der Waals surface area contributed by atoms with E-state index in [9.17, 15) is 14.4 Å². The molecule has 7 heteroatoms. The van der Waals surface area contributed by atoms with Crippen molar-refractivity contribution >= 4 is 23.5 Å². The molecule has 2 aromatic rings. The molecule has 2 amide bonds. The van der Waals surface area contributed by atoms with Gasteiger partial charge in [-0.05, 0) is 48.4 Å². The number of nitrogens with one attached hydrogen (secondary N) is 1. The number of rotatable bonds is 7. The number of ether oxygens (including phenoxy) is 2. The Morgan fingerprint density at radius 3 is 2.39 bits per heavy atom. The molecule has 0 aromatic heterocycles. The second kappa shape index (κ2) is 9.03. The molecule has 1 N–H and O–H groups in total. The second-order valence-electron chi connectivity index (χ2n) is 6.40. The molecular formula is C21H22N2O5. The largest absolute Gasteiger partial charge is 0.497 e. The second-order valence-corrected chi connectivity index (χ2v) is 6.40. The molecule has 0 atom stereocenters. The van der Waals surface area contributed by atoms with Gasteiger partial charge in [0, 0.05) is 25.2 Å². The van der Waals surface area contributed by atoms with Crippen LogP contribution < -0.4 is 15.0 Å². The minimum Gasteiger partial charge on any atom is -0.497 e. The van der Waals surface area contributed by atoms with Crippen LogP contribution in [-0.2, 0) is 20.9 Å². The maximum Gasteiger partial charge on any atom is 0.338 e. The first-order chi connectivity index (χ1) is 13.6. The first-order valence-electron chi connectivity index (χ1n) is 9.04. The number of hydrogen-bond acceptors (Lipinski definition) is 5. The molecule has 2 aromatic carbocycles. The highest BCUT2D eigenvalue weighted by molar-refractivity contribution is 5.96. The lowest BCUT2D eigenvalue weighted by Gasteiger charge is -2.15. The molecule has 146 valence electrons. The fourth-order valence-corrected chi connectivity index (χ4v) is 2.91. The van der Waals surface area contributed by atoms with Gasteiger partial charge in [-0.3, -0.25) is 9.59 Å². The molecule has 1 aliphatic heterocycles. The van der Waals surface area contributed by atoms with Crippen molar-refractivity contribution in [3.05, 3.63) is 59.7 Å². The zero-order valence-corrected chi connectivity index (χ0v) is 15.6. The number of methoxy groups -OCH3 is 1. The smallest absolute Gasteiger partial charge is 0.338 e. The SMILES string of the molecule is COc1ccc(CNC(=O)COC(=O)c2ccc(N3CCCC3=O)cc2)cc1. The molecule has 0 spiro atoms. The maximum absolute atomic E-state index is 12.1. The van der Waals surface area contributed by atoms with E-state index in [1.165, 1.54) is 0 Å². The number of benzene rings is 2. The zero-order chi connectivity index (χ0) is 19.9. The number of amides is 2. The van der Waals surface area contributed by atoms with Crippen LogP contribution in [0.25, 0.3) is 0 Å². The van der Waals surface area contributed by atoms with Crippen molar-refractivity contribution < 1.29 is 23.9 Å². The van der Waals surface area contributed by atoms with Crippen LogP contribution in [0.4, 0.5) is 5.69 Å². The maximum atomic E-state index is 12.1. The van der Waals surface area contributed by atoms with Crippen LogP contribution in [-0.4, -0.2) is 38.0 Å². The Morgan fingerprint density at radius 2 is 1.79 bits per heavy atom. The molecule has 28 heavy (non-hydrogen) atoms. The van der Waals surface area contributed by atoms with E-state index in [0.29, 0.717) is 25.1 Å². The Balaban J connectivity index is 1.45. The molecule has 3 rings (SSSR count). The first kappa shape index (κ1) is 19.4. The highest BCUT2D eigenvalue weighted by atomic mass is 16.5. The van der Waals surface area contributed by atoms with Gasteiger partial charge in [0.25, 0.3) is 5.91 Å². The Labute approximate surface area is 163 Å². The highest BCUT2D eigenvalue weighted by Gasteiger charge is 2.21. The van der Waals surface area contributed by atoms with Gasteiger partial charge in [-0.2, -0.15) is 0 Å². The Morgan fingerprint density at radius 1 is 1.07 bits per heavy atom. The minimum atomic E-state index is -0.584. The molecule has 0 unspecified atom stereocenters. The monoisotopic (exact) mass is 382 g/mol. The van der Waals surface area contributed by atoms with Crippen LogP contribution in [0, 0.1) is 0 Å². The summed E-state index contributed by atoms with van der Waals surface area (Å²) < 4.78 is 10.1. The summed E-state index contributed by atoms with van der Waals surface area (Å²) in [6, 6.07) is 13.9. The summed E-state index contributed by atoms with van der Waals surface area (Å²) in [7, 11) is 1.59. The molecule has 0 aliphatic carbocycles. The Kier molecular flexibility index (Phi) is 6.26. The van der Waals surface area contributed by atoms with Crippen molar-refractivity contribution in [2.45, 2.75) is 19.4 Å². The molecule has 1 fully saturated rings.